The highest BCUT2D eigenvalue weighted by molar-refractivity contribution is 7.15. The smallest absolute Gasteiger partial charge is 0.183 e. The summed E-state index contributed by atoms with van der Waals surface area (Å²) in [4.78, 5) is 5.61. The van der Waals surface area contributed by atoms with Gasteiger partial charge in [-0.05, 0) is 27.2 Å². The van der Waals surface area contributed by atoms with Gasteiger partial charge in [-0.15, -0.1) is 11.3 Å². The predicted octanol–water partition coefficient (Wildman–Crippen LogP) is 2.92. The van der Waals surface area contributed by atoms with Gasteiger partial charge in [0.25, 0.3) is 0 Å². The Morgan fingerprint density at radius 1 is 1.50 bits per heavy atom. The molecule has 12 heavy (non-hydrogen) atoms. The lowest BCUT2D eigenvalue weighted by atomic mass is 10.1. The minimum Gasteiger partial charge on any atom is -0.357 e. The molecular weight excluding hydrogens is 168 g/mol. The SMILES string of the molecule is CCc1cnc(NC(C)(C)C)s1. The van der Waals surface area contributed by atoms with E-state index >= 15 is 0 Å². The zero-order chi connectivity index (χ0) is 9.19. The molecule has 1 heterocycles. The fourth-order valence-corrected chi connectivity index (χ4v) is 1.81. The van der Waals surface area contributed by atoms with Crippen molar-refractivity contribution in [2.45, 2.75) is 39.7 Å². The van der Waals surface area contributed by atoms with E-state index in [0.29, 0.717) is 0 Å². The standard InChI is InChI=1S/C9H16N2S/c1-5-7-6-10-8(12-7)11-9(2,3)4/h6H,5H2,1-4H3,(H,10,11). The van der Waals surface area contributed by atoms with Crippen molar-refractivity contribution in [2.75, 3.05) is 5.32 Å². The van der Waals surface area contributed by atoms with Gasteiger partial charge in [0.2, 0.25) is 0 Å². The van der Waals surface area contributed by atoms with Crippen LogP contribution in [0.2, 0.25) is 0 Å². The van der Waals surface area contributed by atoms with Crippen LogP contribution in [0.1, 0.15) is 32.6 Å². The highest BCUT2D eigenvalue weighted by Crippen LogP contribution is 2.21. The van der Waals surface area contributed by atoms with Crippen LogP contribution in [0.5, 0.6) is 0 Å². The molecule has 3 heteroatoms. The van der Waals surface area contributed by atoms with Gasteiger partial charge in [-0.1, -0.05) is 6.92 Å². The molecule has 0 saturated heterocycles. The molecule has 2 nitrogen and oxygen atoms in total. The number of aromatic nitrogens is 1. The molecule has 0 aliphatic carbocycles. The summed E-state index contributed by atoms with van der Waals surface area (Å²) in [5.41, 5.74) is 0.114. The fourth-order valence-electron chi connectivity index (χ4n) is 0.850. The van der Waals surface area contributed by atoms with E-state index in [0.717, 1.165) is 11.6 Å². The van der Waals surface area contributed by atoms with Crippen molar-refractivity contribution < 1.29 is 0 Å². The molecule has 0 radical (unpaired) electrons. The van der Waals surface area contributed by atoms with Crippen molar-refractivity contribution in [1.29, 1.82) is 0 Å². The molecule has 68 valence electrons. The second-order valence-electron chi connectivity index (χ2n) is 3.86. The minimum atomic E-state index is 0.114. The van der Waals surface area contributed by atoms with Crippen LogP contribution < -0.4 is 5.32 Å². The van der Waals surface area contributed by atoms with E-state index in [2.05, 4.69) is 38.0 Å². The number of anilines is 1. The van der Waals surface area contributed by atoms with Gasteiger partial charge in [-0.3, -0.25) is 0 Å². The van der Waals surface area contributed by atoms with Crippen molar-refractivity contribution in [3.63, 3.8) is 0 Å². The zero-order valence-electron chi connectivity index (χ0n) is 8.14. The van der Waals surface area contributed by atoms with Crippen LogP contribution in [0.25, 0.3) is 0 Å². The van der Waals surface area contributed by atoms with Gasteiger partial charge < -0.3 is 5.32 Å². The van der Waals surface area contributed by atoms with Crippen molar-refractivity contribution in [3.05, 3.63) is 11.1 Å². The van der Waals surface area contributed by atoms with Crippen molar-refractivity contribution >= 4 is 16.5 Å². The Hall–Kier alpha value is -0.570. The van der Waals surface area contributed by atoms with Gasteiger partial charge in [0.1, 0.15) is 0 Å². The molecule has 1 N–H and O–H groups in total. The maximum Gasteiger partial charge on any atom is 0.183 e. The molecule has 0 unspecified atom stereocenters. The van der Waals surface area contributed by atoms with Crippen LogP contribution >= 0.6 is 11.3 Å². The lowest BCUT2D eigenvalue weighted by molar-refractivity contribution is 0.633. The second kappa shape index (κ2) is 3.44. The lowest BCUT2D eigenvalue weighted by Gasteiger charge is -2.19. The third-order valence-corrected chi connectivity index (χ3v) is 2.44. The van der Waals surface area contributed by atoms with Gasteiger partial charge in [0, 0.05) is 16.6 Å². The third kappa shape index (κ3) is 2.81. The molecule has 1 rings (SSSR count). The van der Waals surface area contributed by atoms with E-state index in [1.165, 1.54) is 4.88 Å². The fraction of sp³-hybridized carbons (Fsp3) is 0.667. The summed E-state index contributed by atoms with van der Waals surface area (Å²) in [5, 5.41) is 4.37. The van der Waals surface area contributed by atoms with Gasteiger partial charge in [0.15, 0.2) is 5.13 Å². The number of rotatable bonds is 2. The molecule has 0 spiro atoms. The molecule has 0 saturated carbocycles. The van der Waals surface area contributed by atoms with Gasteiger partial charge in [-0.25, -0.2) is 4.98 Å². The van der Waals surface area contributed by atoms with Crippen LogP contribution in [-0.2, 0) is 6.42 Å². The molecule has 0 bridgehead atoms. The quantitative estimate of drug-likeness (QED) is 0.764. The molecular formula is C9H16N2S. The number of aryl methyl sites for hydroxylation is 1. The Kier molecular flexibility index (Phi) is 2.73. The number of hydrogen-bond donors (Lipinski definition) is 1. The van der Waals surface area contributed by atoms with E-state index in [1.54, 1.807) is 11.3 Å². The Labute approximate surface area is 78.0 Å². The van der Waals surface area contributed by atoms with E-state index in [9.17, 15) is 0 Å². The molecule has 1 aromatic heterocycles. The minimum absolute atomic E-state index is 0.114. The van der Waals surface area contributed by atoms with Crippen LogP contribution in [0.4, 0.5) is 5.13 Å². The summed E-state index contributed by atoms with van der Waals surface area (Å²) in [7, 11) is 0. The molecule has 0 aliphatic rings. The topological polar surface area (TPSA) is 24.9 Å². The average Bonchev–Trinajstić information content (AvgIpc) is 2.32. The molecule has 1 aromatic rings. The molecule has 0 aromatic carbocycles. The summed E-state index contributed by atoms with van der Waals surface area (Å²) in [6.45, 7) is 8.56. The number of nitrogens with zero attached hydrogens (tertiary/aromatic N) is 1. The third-order valence-electron chi connectivity index (χ3n) is 1.38. The van der Waals surface area contributed by atoms with E-state index in [1.807, 2.05) is 6.20 Å². The average molecular weight is 184 g/mol. The Balaban J connectivity index is 2.64. The van der Waals surface area contributed by atoms with Crippen LogP contribution in [0.15, 0.2) is 6.20 Å². The van der Waals surface area contributed by atoms with Crippen LogP contribution in [-0.4, -0.2) is 10.5 Å². The Bertz CT molecular complexity index is 247. The van der Waals surface area contributed by atoms with Crippen molar-refractivity contribution in [1.82, 2.24) is 4.98 Å². The van der Waals surface area contributed by atoms with Crippen LogP contribution in [0.3, 0.4) is 0 Å². The molecule has 0 aliphatic heterocycles. The summed E-state index contributed by atoms with van der Waals surface area (Å²) in [6.07, 6.45) is 3.02. The summed E-state index contributed by atoms with van der Waals surface area (Å²) >= 11 is 1.74. The normalized spacial score (nSPS) is 11.7. The van der Waals surface area contributed by atoms with Gasteiger partial charge in [-0.2, -0.15) is 0 Å². The highest BCUT2D eigenvalue weighted by atomic mass is 32.1. The van der Waals surface area contributed by atoms with Gasteiger partial charge >= 0.3 is 0 Å². The van der Waals surface area contributed by atoms with Crippen LogP contribution in [0, 0.1) is 0 Å². The zero-order valence-corrected chi connectivity index (χ0v) is 8.96. The van der Waals surface area contributed by atoms with Gasteiger partial charge in [0.05, 0.1) is 0 Å². The maximum absolute atomic E-state index is 4.28. The highest BCUT2D eigenvalue weighted by Gasteiger charge is 2.11. The van der Waals surface area contributed by atoms with E-state index in [4.69, 9.17) is 0 Å². The first-order chi connectivity index (χ1) is 5.51. The monoisotopic (exact) mass is 184 g/mol. The van der Waals surface area contributed by atoms with E-state index < -0.39 is 0 Å². The Morgan fingerprint density at radius 3 is 2.58 bits per heavy atom. The largest absolute Gasteiger partial charge is 0.357 e. The lowest BCUT2D eigenvalue weighted by Crippen LogP contribution is -2.25. The maximum atomic E-state index is 4.28. The second-order valence-corrected chi connectivity index (χ2v) is 4.98. The number of hydrogen-bond acceptors (Lipinski definition) is 3. The first-order valence-electron chi connectivity index (χ1n) is 4.24. The number of nitrogens with one attached hydrogen (secondary N) is 1. The first-order valence-corrected chi connectivity index (χ1v) is 5.06. The van der Waals surface area contributed by atoms with Crippen molar-refractivity contribution in [3.8, 4) is 0 Å². The number of thiazole rings is 1. The van der Waals surface area contributed by atoms with E-state index in [-0.39, 0.29) is 5.54 Å². The molecule has 0 amide bonds. The summed E-state index contributed by atoms with van der Waals surface area (Å²) < 4.78 is 0. The van der Waals surface area contributed by atoms with Crippen molar-refractivity contribution in [2.24, 2.45) is 0 Å². The predicted molar refractivity (Wildman–Crippen MR) is 54.9 cm³/mol. The molecule has 0 atom stereocenters. The Morgan fingerprint density at radius 2 is 2.17 bits per heavy atom. The first kappa shape index (κ1) is 9.52. The molecule has 0 fully saturated rings. The summed E-state index contributed by atoms with van der Waals surface area (Å²) in [5.74, 6) is 0. The summed E-state index contributed by atoms with van der Waals surface area (Å²) in [6, 6.07) is 0.